The van der Waals surface area contributed by atoms with Gasteiger partial charge in [0.1, 0.15) is 11.5 Å². The third-order valence-electron chi connectivity index (χ3n) is 5.71. The molecule has 0 saturated heterocycles. The molecule has 1 nitrogen and oxygen atoms in total. The molecule has 3 rings (SSSR count). The van der Waals surface area contributed by atoms with E-state index in [1.54, 1.807) is 0 Å². The van der Waals surface area contributed by atoms with E-state index in [-0.39, 0.29) is 5.41 Å². The van der Waals surface area contributed by atoms with E-state index in [9.17, 15) is 0 Å². The fourth-order valence-electron chi connectivity index (χ4n) is 3.72. The molecular weight excluding hydrogens is 372 g/mol. The van der Waals surface area contributed by atoms with Gasteiger partial charge in [0.2, 0.25) is 0 Å². The van der Waals surface area contributed by atoms with Gasteiger partial charge < -0.3 is 4.74 Å². The van der Waals surface area contributed by atoms with Gasteiger partial charge in [-0.1, -0.05) is 63.2 Å². The quantitative estimate of drug-likeness (QED) is 0.314. The van der Waals surface area contributed by atoms with Gasteiger partial charge >= 0.3 is 0 Å². The maximum absolute atomic E-state index is 5.99. The van der Waals surface area contributed by atoms with Gasteiger partial charge in [-0.3, -0.25) is 0 Å². The smallest absolute Gasteiger partial charge is 0.127 e. The van der Waals surface area contributed by atoms with Crippen LogP contribution in [0, 0.1) is 0 Å². The molecule has 0 aliphatic heterocycles. The SMILES string of the molecule is CCSc1ccc(C(C)(CC)CCCc2cccc(Oc3ccccc3)c2)cc1. The Hall–Kier alpha value is -2.19. The van der Waals surface area contributed by atoms with Crippen molar-refractivity contribution in [3.05, 3.63) is 90.0 Å². The summed E-state index contributed by atoms with van der Waals surface area (Å²) in [5.74, 6) is 2.92. The molecule has 152 valence electrons. The van der Waals surface area contributed by atoms with Crippen LogP contribution in [-0.2, 0) is 11.8 Å². The minimum atomic E-state index is 0.230. The second-order valence-corrected chi connectivity index (χ2v) is 9.13. The van der Waals surface area contributed by atoms with E-state index in [1.165, 1.54) is 28.9 Å². The third-order valence-corrected chi connectivity index (χ3v) is 6.61. The van der Waals surface area contributed by atoms with Crippen LogP contribution in [0.3, 0.4) is 0 Å². The molecule has 0 aromatic heterocycles. The lowest BCUT2D eigenvalue weighted by molar-refractivity contribution is 0.405. The van der Waals surface area contributed by atoms with Gasteiger partial charge in [-0.25, -0.2) is 0 Å². The fourth-order valence-corrected chi connectivity index (χ4v) is 4.38. The van der Waals surface area contributed by atoms with Crippen LogP contribution < -0.4 is 4.74 Å². The van der Waals surface area contributed by atoms with Crippen LogP contribution in [0.1, 0.15) is 51.2 Å². The summed E-state index contributed by atoms with van der Waals surface area (Å²) >= 11 is 1.91. The number of hydrogen-bond donors (Lipinski definition) is 0. The van der Waals surface area contributed by atoms with Crippen LogP contribution >= 0.6 is 11.8 Å². The number of ether oxygens (including phenoxy) is 1. The zero-order valence-electron chi connectivity index (χ0n) is 17.9. The van der Waals surface area contributed by atoms with Crippen LogP contribution in [0.25, 0.3) is 0 Å². The van der Waals surface area contributed by atoms with Gasteiger partial charge in [0.25, 0.3) is 0 Å². The van der Waals surface area contributed by atoms with Gasteiger partial charge in [-0.2, -0.15) is 0 Å². The van der Waals surface area contributed by atoms with Gasteiger partial charge in [0.05, 0.1) is 0 Å². The van der Waals surface area contributed by atoms with E-state index in [0.29, 0.717) is 0 Å². The highest BCUT2D eigenvalue weighted by Crippen LogP contribution is 2.34. The van der Waals surface area contributed by atoms with E-state index in [1.807, 2.05) is 48.2 Å². The molecule has 3 aromatic rings. The summed E-state index contributed by atoms with van der Waals surface area (Å²) < 4.78 is 5.99. The lowest BCUT2D eigenvalue weighted by atomic mass is 9.76. The van der Waals surface area contributed by atoms with Crippen LogP contribution in [0.5, 0.6) is 11.5 Å². The Balaban J connectivity index is 1.59. The zero-order valence-corrected chi connectivity index (χ0v) is 18.7. The van der Waals surface area contributed by atoms with Crippen molar-refractivity contribution in [2.45, 2.75) is 56.8 Å². The van der Waals surface area contributed by atoms with Crippen LogP contribution in [0.15, 0.2) is 83.8 Å². The van der Waals surface area contributed by atoms with Crippen molar-refractivity contribution in [3.8, 4) is 11.5 Å². The number of rotatable bonds is 10. The van der Waals surface area contributed by atoms with E-state index >= 15 is 0 Å². The Labute approximate surface area is 180 Å². The van der Waals surface area contributed by atoms with E-state index in [0.717, 1.165) is 30.1 Å². The Bertz CT molecular complexity index is 873. The lowest BCUT2D eigenvalue weighted by Crippen LogP contribution is -2.21. The molecule has 0 aliphatic carbocycles. The summed E-state index contributed by atoms with van der Waals surface area (Å²) in [6.07, 6.45) is 4.59. The van der Waals surface area contributed by atoms with E-state index in [2.05, 4.69) is 63.2 Å². The highest BCUT2D eigenvalue weighted by molar-refractivity contribution is 7.99. The molecular formula is C27H32OS. The molecule has 0 saturated carbocycles. The third kappa shape index (κ3) is 6.14. The second-order valence-electron chi connectivity index (χ2n) is 7.79. The molecule has 2 heteroatoms. The topological polar surface area (TPSA) is 9.23 Å². The van der Waals surface area contributed by atoms with E-state index in [4.69, 9.17) is 4.74 Å². The molecule has 0 heterocycles. The largest absolute Gasteiger partial charge is 0.457 e. The van der Waals surface area contributed by atoms with Crippen LogP contribution in [0.2, 0.25) is 0 Å². The molecule has 1 atom stereocenters. The molecule has 3 aromatic carbocycles. The number of aryl methyl sites for hydroxylation is 1. The monoisotopic (exact) mass is 404 g/mol. The number of para-hydroxylation sites is 1. The molecule has 0 fully saturated rings. The zero-order chi connectivity index (χ0) is 20.5. The first-order chi connectivity index (χ1) is 14.1. The molecule has 0 spiro atoms. The predicted molar refractivity (Wildman–Crippen MR) is 126 cm³/mol. The molecule has 0 radical (unpaired) electrons. The van der Waals surface area contributed by atoms with E-state index < -0.39 is 0 Å². The molecule has 0 bridgehead atoms. The predicted octanol–water partition coefficient (Wildman–Crippen LogP) is 8.28. The first-order valence-electron chi connectivity index (χ1n) is 10.7. The molecule has 0 aliphatic rings. The standard InChI is InChI=1S/C27H32OS/c1-4-27(3,23-16-18-26(19-17-23)29-5-2)20-10-12-22-11-9-15-25(21-22)28-24-13-7-6-8-14-24/h6-9,11,13-19,21H,4-5,10,12,20H2,1-3H3. The van der Waals surface area contributed by atoms with Crippen molar-refractivity contribution in [1.82, 2.24) is 0 Å². The summed E-state index contributed by atoms with van der Waals surface area (Å²) in [6.45, 7) is 6.92. The maximum atomic E-state index is 5.99. The van der Waals surface area contributed by atoms with Crippen molar-refractivity contribution >= 4 is 11.8 Å². The minimum absolute atomic E-state index is 0.230. The van der Waals surface area contributed by atoms with Gasteiger partial charge in [-0.15, -0.1) is 11.8 Å². The van der Waals surface area contributed by atoms with Crippen LogP contribution in [0.4, 0.5) is 0 Å². The Morgan fingerprint density at radius 3 is 2.24 bits per heavy atom. The summed E-state index contributed by atoms with van der Waals surface area (Å²) in [5.41, 5.74) is 3.03. The molecule has 0 N–H and O–H groups in total. The lowest BCUT2D eigenvalue weighted by Gasteiger charge is -2.29. The average molecular weight is 405 g/mol. The Morgan fingerprint density at radius 1 is 0.828 bits per heavy atom. The highest BCUT2D eigenvalue weighted by atomic mass is 32.2. The number of thioether (sulfide) groups is 1. The van der Waals surface area contributed by atoms with Gasteiger partial charge in [-0.05, 0) is 84.4 Å². The number of hydrogen-bond acceptors (Lipinski definition) is 2. The minimum Gasteiger partial charge on any atom is -0.457 e. The molecule has 29 heavy (non-hydrogen) atoms. The summed E-state index contributed by atoms with van der Waals surface area (Å²) in [6, 6.07) is 27.7. The van der Waals surface area contributed by atoms with Gasteiger partial charge in [0.15, 0.2) is 0 Å². The second kappa shape index (κ2) is 10.5. The summed E-state index contributed by atoms with van der Waals surface area (Å²) in [4.78, 5) is 1.37. The van der Waals surface area contributed by atoms with Crippen molar-refractivity contribution in [3.63, 3.8) is 0 Å². The average Bonchev–Trinajstić information content (AvgIpc) is 2.75. The summed E-state index contributed by atoms with van der Waals surface area (Å²) in [5, 5.41) is 0. The van der Waals surface area contributed by atoms with Crippen molar-refractivity contribution in [2.75, 3.05) is 5.75 Å². The first-order valence-corrected chi connectivity index (χ1v) is 11.7. The summed E-state index contributed by atoms with van der Waals surface area (Å²) in [7, 11) is 0. The van der Waals surface area contributed by atoms with Crippen molar-refractivity contribution in [2.24, 2.45) is 0 Å². The van der Waals surface area contributed by atoms with Gasteiger partial charge in [0, 0.05) is 4.90 Å². The first kappa shape index (κ1) is 21.5. The van der Waals surface area contributed by atoms with Crippen LogP contribution in [-0.4, -0.2) is 5.75 Å². The Morgan fingerprint density at radius 2 is 1.55 bits per heavy atom. The van der Waals surface area contributed by atoms with Crippen molar-refractivity contribution in [1.29, 1.82) is 0 Å². The molecule has 1 unspecified atom stereocenters. The van der Waals surface area contributed by atoms with Crippen molar-refractivity contribution < 1.29 is 4.74 Å². The fraction of sp³-hybridized carbons (Fsp3) is 0.333. The highest BCUT2D eigenvalue weighted by Gasteiger charge is 2.24. The Kier molecular flexibility index (Phi) is 7.83. The number of benzene rings is 3. The normalized spacial score (nSPS) is 13.1. The maximum Gasteiger partial charge on any atom is 0.127 e. The molecule has 0 amide bonds.